The SMILES string of the molecule is CCCn1nccc1-c1cccc(N)c1. The van der Waals surface area contributed by atoms with Gasteiger partial charge in [-0.2, -0.15) is 5.10 Å². The van der Waals surface area contributed by atoms with Gasteiger partial charge in [-0.25, -0.2) is 0 Å². The van der Waals surface area contributed by atoms with Gasteiger partial charge in [0.25, 0.3) is 0 Å². The summed E-state index contributed by atoms with van der Waals surface area (Å²) >= 11 is 0. The zero-order valence-corrected chi connectivity index (χ0v) is 8.85. The van der Waals surface area contributed by atoms with E-state index in [1.54, 1.807) is 0 Å². The van der Waals surface area contributed by atoms with E-state index in [9.17, 15) is 0 Å². The Morgan fingerprint density at radius 3 is 2.93 bits per heavy atom. The van der Waals surface area contributed by atoms with Crippen molar-refractivity contribution in [3.8, 4) is 11.3 Å². The van der Waals surface area contributed by atoms with Crippen LogP contribution in [0.4, 0.5) is 5.69 Å². The Hall–Kier alpha value is -1.77. The molecule has 0 fully saturated rings. The highest BCUT2D eigenvalue weighted by Gasteiger charge is 2.04. The Bertz CT molecular complexity index is 446. The number of hydrogen-bond acceptors (Lipinski definition) is 2. The minimum atomic E-state index is 0.789. The Morgan fingerprint density at radius 2 is 2.20 bits per heavy atom. The highest BCUT2D eigenvalue weighted by Crippen LogP contribution is 2.21. The highest BCUT2D eigenvalue weighted by atomic mass is 15.3. The van der Waals surface area contributed by atoms with E-state index in [-0.39, 0.29) is 0 Å². The molecule has 0 aliphatic carbocycles. The molecule has 2 rings (SSSR count). The lowest BCUT2D eigenvalue weighted by Crippen LogP contribution is -2.01. The molecule has 1 aromatic heterocycles. The van der Waals surface area contributed by atoms with Crippen LogP contribution in [0.5, 0.6) is 0 Å². The zero-order valence-electron chi connectivity index (χ0n) is 8.85. The molecule has 78 valence electrons. The second-order valence-electron chi connectivity index (χ2n) is 3.57. The minimum absolute atomic E-state index is 0.789. The first-order valence-electron chi connectivity index (χ1n) is 5.19. The van der Waals surface area contributed by atoms with Crippen molar-refractivity contribution in [3.63, 3.8) is 0 Å². The van der Waals surface area contributed by atoms with Crippen LogP contribution in [-0.2, 0) is 6.54 Å². The minimum Gasteiger partial charge on any atom is -0.399 e. The fourth-order valence-corrected chi connectivity index (χ4v) is 1.67. The third-order valence-corrected chi connectivity index (χ3v) is 2.33. The van der Waals surface area contributed by atoms with Gasteiger partial charge in [-0.1, -0.05) is 19.1 Å². The second-order valence-corrected chi connectivity index (χ2v) is 3.57. The molecule has 2 N–H and O–H groups in total. The maximum atomic E-state index is 5.76. The summed E-state index contributed by atoms with van der Waals surface area (Å²) in [5.74, 6) is 0. The molecule has 0 spiro atoms. The van der Waals surface area contributed by atoms with E-state index in [4.69, 9.17) is 5.73 Å². The number of aromatic nitrogens is 2. The molecule has 0 radical (unpaired) electrons. The average molecular weight is 201 g/mol. The summed E-state index contributed by atoms with van der Waals surface area (Å²) in [6.07, 6.45) is 2.91. The predicted molar refractivity (Wildman–Crippen MR) is 62.4 cm³/mol. The van der Waals surface area contributed by atoms with E-state index in [2.05, 4.69) is 18.1 Å². The Morgan fingerprint density at radius 1 is 1.33 bits per heavy atom. The van der Waals surface area contributed by atoms with Gasteiger partial charge in [0.05, 0.1) is 5.69 Å². The summed E-state index contributed by atoms with van der Waals surface area (Å²) in [5.41, 5.74) is 8.80. The van der Waals surface area contributed by atoms with E-state index >= 15 is 0 Å². The number of nitrogens with zero attached hydrogens (tertiary/aromatic N) is 2. The maximum absolute atomic E-state index is 5.76. The molecule has 0 saturated heterocycles. The number of anilines is 1. The fraction of sp³-hybridized carbons (Fsp3) is 0.250. The Balaban J connectivity index is 2.40. The molecule has 3 nitrogen and oxygen atoms in total. The number of nitrogen functional groups attached to an aromatic ring is 1. The molecule has 0 amide bonds. The monoisotopic (exact) mass is 201 g/mol. The van der Waals surface area contributed by atoms with Crippen molar-refractivity contribution in [2.45, 2.75) is 19.9 Å². The molecule has 0 unspecified atom stereocenters. The van der Waals surface area contributed by atoms with Crippen molar-refractivity contribution in [1.29, 1.82) is 0 Å². The quantitative estimate of drug-likeness (QED) is 0.775. The summed E-state index contributed by atoms with van der Waals surface area (Å²) in [6, 6.07) is 9.91. The van der Waals surface area contributed by atoms with Crippen molar-refractivity contribution >= 4 is 5.69 Å². The van der Waals surface area contributed by atoms with Crippen molar-refractivity contribution in [1.82, 2.24) is 9.78 Å². The first-order chi connectivity index (χ1) is 7.31. The van der Waals surface area contributed by atoms with Crippen LogP contribution in [0.2, 0.25) is 0 Å². The molecule has 1 aromatic carbocycles. The van der Waals surface area contributed by atoms with E-state index in [1.807, 2.05) is 35.1 Å². The molecule has 3 heteroatoms. The predicted octanol–water partition coefficient (Wildman–Crippen LogP) is 2.54. The first-order valence-corrected chi connectivity index (χ1v) is 5.19. The standard InChI is InChI=1S/C12H15N3/c1-2-8-15-12(6-7-14-15)10-4-3-5-11(13)9-10/h3-7,9H,2,8,13H2,1H3. The average Bonchev–Trinajstić information content (AvgIpc) is 2.66. The molecule has 15 heavy (non-hydrogen) atoms. The Kier molecular flexibility index (Phi) is 2.72. The summed E-state index contributed by atoms with van der Waals surface area (Å²) in [5, 5.41) is 4.29. The highest BCUT2D eigenvalue weighted by molar-refractivity contribution is 5.64. The number of aryl methyl sites for hydroxylation is 1. The van der Waals surface area contributed by atoms with Gasteiger partial charge in [0.2, 0.25) is 0 Å². The van der Waals surface area contributed by atoms with Gasteiger partial charge >= 0.3 is 0 Å². The van der Waals surface area contributed by atoms with E-state index in [0.29, 0.717) is 0 Å². The molecule has 0 atom stereocenters. The molecule has 0 bridgehead atoms. The molecule has 0 saturated carbocycles. The van der Waals surface area contributed by atoms with Crippen LogP contribution in [0.15, 0.2) is 36.5 Å². The lowest BCUT2D eigenvalue weighted by Gasteiger charge is -2.06. The first kappa shape index (κ1) is 9.77. The Labute approximate surface area is 89.5 Å². The van der Waals surface area contributed by atoms with Crippen molar-refractivity contribution in [2.75, 3.05) is 5.73 Å². The summed E-state index contributed by atoms with van der Waals surface area (Å²) < 4.78 is 2.01. The van der Waals surface area contributed by atoms with E-state index in [0.717, 1.165) is 29.9 Å². The number of nitrogens with two attached hydrogens (primary N) is 1. The van der Waals surface area contributed by atoms with E-state index < -0.39 is 0 Å². The number of hydrogen-bond donors (Lipinski definition) is 1. The fourth-order valence-electron chi connectivity index (χ4n) is 1.67. The van der Waals surface area contributed by atoms with Crippen molar-refractivity contribution < 1.29 is 0 Å². The van der Waals surface area contributed by atoms with Gasteiger partial charge in [-0.05, 0) is 24.6 Å². The van der Waals surface area contributed by atoms with Gasteiger partial charge in [0, 0.05) is 24.0 Å². The van der Waals surface area contributed by atoms with Gasteiger partial charge in [-0.15, -0.1) is 0 Å². The summed E-state index contributed by atoms with van der Waals surface area (Å²) in [6.45, 7) is 3.09. The molecular weight excluding hydrogens is 186 g/mol. The van der Waals surface area contributed by atoms with Crippen LogP contribution in [0.3, 0.4) is 0 Å². The maximum Gasteiger partial charge on any atom is 0.0682 e. The number of rotatable bonds is 3. The van der Waals surface area contributed by atoms with Crippen molar-refractivity contribution in [3.05, 3.63) is 36.5 Å². The van der Waals surface area contributed by atoms with Gasteiger partial charge < -0.3 is 5.73 Å². The summed E-state index contributed by atoms with van der Waals surface area (Å²) in [7, 11) is 0. The smallest absolute Gasteiger partial charge is 0.0682 e. The van der Waals surface area contributed by atoms with Crippen LogP contribution >= 0.6 is 0 Å². The van der Waals surface area contributed by atoms with Gasteiger partial charge in [0.1, 0.15) is 0 Å². The zero-order chi connectivity index (χ0) is 10.7. The van der Waals surface area contributed by atoms with Crippen LogP contribution in [-0.4, -0.2) is 9.78 Å². The molecule has 0 aliphatic rings. The van der Waals surface area contributed by atoms with Crippen LogP contribution in [0.25, 0.3) is 11.3 Å². The normalized spacial score (nSPS) is 10.5. The number of benzene rings is 1. The van der Waals surface area contributed by atoms with Crippen LogP contribution < -0.4 is 5.73 Å². The molecule has 1 heterocycles. The van der Waals surface area contributed by atoms with Crippen molar-refractivity contribution in [2.24, 2.45) is 0 Å². The molecule has 2 aromatic rings. The van der Waals surface area contributed by atoms with E-state index in [1.165, 1.54) is 0 Å². The lowest BCUT2D eigenvalue weighted by atomic mass is 10.1. The van der Waals surface area contributed by atoms with Crippen LogP contribution in [0, 0.1) is 0 Å². The summed E-state index contributed by atoms with van der Waals surface area (Å²) in [4.78, 5) is 0. The molecule has 0 aliphatic heterocycles. The van der Waals surface area contributed by atoms with Crippen LogP contribution in [0.1, 0.15) is 13.3 Å². The topological polar surface area (TPSA) is 43.8 Å². The lowest BCUT2D eigenvalue weighted by molar-refractivity contribution is 0.609. The third-order valence-electron chi connectivity index (χ3n) is 2.33. The van der Waals surface area contributed by atoms with Gasteiger partial charge in [-0.3, -0.25) is 4.68 Å². The third kappa shape index (κ3) is 2.01. The second kappa shape index (κ2) is 4.17. The van der Waals surface area contributed by atoms with Gasteiger partial charge in [0.15, 0.2) is 0 Å². The molecular formula is C12H15N3. The largest absolute Gasteiger partial charge is 0.399 e.